The number of aryl methyl sites for hydroxylation is 2. The third-order valence-corrected chi connectivity index (χ3v) is 6.64. The van der Waals surface area contributed by atoms with Gasteiger partial charge in [-0.25, -0.2) is 0 Å². The van der Waals surface area contributed by atoms with E-state index in [0.717, 1.165) is 37.3 Å². The summed E-state index contributed by atoms with van der Waals surface area (Å²) in [6.07, 6.45) is 5.77. The molecule has 0 aromatic carbocycles. The summed E-state index contributed by atoms with van der Waals surface area (Å²) in [4.78, 5) is 23.4. The van der Waals surface area contributed by atoms with Crippen LogP contribution in [0.1, 0.15) is 34.6 Å². The van der Waals surface area contributed by atoms with Crippen LogP contribution in [0.2, 0.25) is 0 Å². The molecule has 0 saturated carbocycles. The number of anilines is 1. The number of ether oxygens (including phenoxy) is 1. The number of amides is 1. The quantitative estimate of drug-likeness (QED) is 0.885. The number of carbonyl (C=O) groups is 1. The lowest BCUT2D eigenvalue weighted by molar-refractivity contribution is 0.0141. The van der Waals surface area contributed by atoms with E-state index in [1.807, 2.05) is 13.8 Å². The minimum absolute atomic E-state index is 0.0554. The molecule has 0 aliphatic carbocycles. The van der Waals surface area contributed by atoms with Crippen molar-refractivity contribution in [1.82, 2.24) is 15.3 Å². The summed E-state index contributed by atoms with van der Waals surface area (Å²) in [6, 6.07) is 7.91. The molecule has 28 heavy (non-hydrogen) atoms. The Kier molecular flexibility index (Phi) is 4.12. The molecule has 6 heteroatoms. The molecule has 1 N–H and O–H groups in total. The number of fused-ring (bicyclic) bond motifs is 1. The summed E-state index contributed by atoms with van der Waals surface area (Å²) in [5.74, 6) is 0.762. The van der Waals surface area contributed by atoms with E-state index < -0.39 is 0 Å². The highest BCUT2D eigenvalue weighted by Crippen LogP contribution is 2.55. The highest BCUT2D eigenvalue weighted by atomic mass is 16.5. The van der Waals surface area contributed by atoms with E-state index in [2.05, 4.69) is 32.3 Å². The van der Waals surface area contributed by atoms with Crippen LogP contribution < -0.4 is 10.2 Å². The fraction of sp³-hybridized carbons (Fsp3) is 0.500. The highest BCUT2D eigenvalue weighted by molar-refractivity contribution is 5.93. The Labute approximate surface area is 165 Å². The van der Waals surface area contributed by atoms with Crippen LogP contribution in [0.3, 0.4) is 0 Å². The fourth-order valence-electron chi connectivity index (χ4n) is 5.46. The molecule has 2 aromatic heterocycles. The van der Waals surface area contributed by atoms with Gasteiger partial charge in [-0.15, -0.1) is 0 Å². The predicted molar refractivity (Wildman–Crippen MR) is 106 cm³/mol. The molecule has 1 amide bonds. The van der Waals surface area contributed by atoms with Crippen molar-refractivity contribution in [2.75, 3.05) is 24.5 Å². The third-order valence-electron chi connectivity index (χ3n) is 6.64. The van der Waals surface area contributed by atoms with E-state index in [1.54, 1.807) is 24.5 Å². The second-order valence-electron chi connectivity index (χ2n) is 8.47. The van der Waals surface area contributed by atoms with Crippen molar-refractivity contribution in [2.45, 2.75) is 38.4 Å². The molecule has 0 radical (unpaired) electrons. The Morgan fingerprint density at radius 3 is 2.93 bits per heavy atom. The topological polar surface area (TPSA) is 67.4 Å². The number of nitrogens with zero attached hydrogens (tertiary/aromatic N) is 3. The normalized spacial score (nSPS) is 30.5. The summed E-state index contributed by atoms with van der Waals surface area (Å²) in [5.41, 5.74) is 3.89. The first-order valence-corrected chi connectivity index (χ1v) is 10.1. The van der Waals surface area contributed by atoms with Gasteiger partial charge in [0.1, 0.15) is 0 Å². The van der Waals surface area contributed by atoms with Crippen LogP contribution in [0.4, 0.5) is 5.69 Å². The number of aromatic nitrogens is 2. The summed E-state index contributed by atoms with van der Waals surface area (Å²) in [6.45, 7) is 6.67. The summed E-state index contributed by atoms with van der Waals surface area (Å²) in [7, 11) is 0. The maximum absolute atomic E-state index is 12.4. The monoisotopic (exact) mass is 378 g/mol. The Morgan fingerprint density at radius 2 is 2.18 bits per heavy atom. The van der Waals surface area contributed by atoms with Gasteiger partial charge in [-0.05, 0) is 51.0 Å². The molecule has 3 aliphatic rings. The predicted octanol–water partition coefficient (Wildman–Crippen LogP) is 2.51. The maximum Gasteiger partial charge on any atom is 0.252 e. The Balaban J connectivity index is 1.31. The zero-order valence-corrected chi connectivity index (χ0v) is 16.4. The summed E-state index contributed by atoms with van der Waals surface area (Å²) in [5, 5.41) is 3.12. The first-order chi connectivity index (χ1) is 13.5. The van der Waals surface area contributed by atoms with Gasteiger partial charge in [0.2, 0.25) is 0 Å². The van der Waals surface area contributed by atoms with E-state index in [1.165, 1.54) is 5.69 Å². The van der Waals surface area contributed by atoms with Gasteiger partial charge in [0.25, 0.3) is 5.91 Å². The number of hydrogen-bond donors (Lipinski definition) is 1. The van der Waals surface area contributed by atoms with Gasteiger partial charge in [-0.3, -0.25) is 14.8 Å². The Bertz CT molecular complexity index is 882. The van der Waals surface area contributed by atoms with Gasteiger partial charge in [0.15, 0.2) is 0 Å². The SMILES string of the molecule is Cc1cc(N2C[C@@H]3[C@H](CNC(=O)c4cccnc4)[C@H]4CC[C@]3(C2)O4)cc(C)n1. The molecule has 5 heterocycles. The first-order valence-electron chi connectivity index (χ1n) is 10.1. The van der Waals surface area contributed by atoms with E-state index in [4.69, 9.17) is 4.74 Å². The fourth-order valence-corrected chi connectivity index (χ4v) is 5.46. The number of nitrogens with one attached hydrogen (secondary N) is 1. The van der Waals surface area contributed by atoms with Crippen LogP contribution in [0.5, 0.6) is 0 Å². The molecule has 3 fully saturated rings. The van der Waals surface area contributed by atoms with Crippen LogP contribution in [0.25, 0.3) is 0 Å². The van der Waals surface area contributed by atoms with Crippen molar-refractivity contribution < 1.29 is 9.53 Å². The second-order valence-corrected chi connectivity index (χ2v) is 8.47. The van der Waals surface area contributed by atoms with Crippen LogP contribution >= 0.6 is 0 Å². The number of hydrogen-bond acceptors (Lipinski definition) is 5. The van der Waals surface area contributed by atoms with Crippen LogP contribution in [-0.2, 0) is 4.74 Å². The van der Waals surface area contributed by atoms with Crippen molar-refractivity contribution in [3.63, 3.8) is 0 Å². The lowest BCUT2D eigenvalue weighted by Crippen LogP contribution is -2.41. The Morgan fingerprint density at radius 1 is 1.36 bits per heavy atom. The number of carbonyl (C=O) groups excluding carboxylic acids is 1. The third kappa shape index (κ3) is 2.87. The van der Waals surface area contributed by atoms with Gasteiger partial charge >= 0.3 is 0 Å². The molecule has 0 unspecified atom stereocenters. The second kappa shape index (κ2) is 6.55. The van der Waals surface area contributed by atoms with E-state index in [0.29, 0.717) is 23.9 Å². The molecular weight excluding hydrogens is 352 g/mol. The van der Waals surface area contributed by atoms with Gasteiger partial charge in [0, 0.05) is 60.9 Å². The minimum atomic E-state index is -0.0561. The molecule has 5 rings (SSSR count). The minimum Gasteiger partial charge on any atom is -0.369 e. The standard InChI is InChI=1S/C22H26N4O2/c1-14-8-17(9-15(2)25-14)26-12-19-18(20-5-6-22(19,13-26)28-20)11-24-21(27)16-4-3-7-23-10-16/h3-4,7-10,18-20H,5-6,11-13H2,1-2H3,(H,24,27)/t18-,19+,20+,22+/m0/s1. The van der Waals surface area contributed by atoms with E-state index >= 15 is 0 Å². The van der Waals surface area contributed by atoms with E-state index in [-0.39, 0.29) is 17.6 Å². The lowest BCUT2D eigenvalue weighted by atomic mass is 9.73. The average Bonchev–Trinajstić information content (AvgIpc) is 3.34. The smallest absolute Gasteiger partial charge is 0.252 e. The zero-order valence-electron chi connectivity index (χ0n) is 16.4. The largest absolute Gasteiger partial charge is 0.369 e. The zero-order chi connectivity index (χ0) is 19.3. The average molecular weight is 378 g/mol. The molecule has 4 atom stereocenters. The number of rotatable bonds is 4. The molecule has 146 valence electrons. The summed E-state index contributed by atoms with van der Waals surface area (Å²) >= 11 is 0. The maximum atomic E-state index is 12.4. The molecule has 2 bridgehead atoms. The lowest BCUT2D eigenvalue weighted by Gasteiger charge is -2.29. The molecule has 3 aliphatic heterocycles. The summed E-state index contributed by atoms with van der Waals surface area (Å²) < 4.78 is 6.53. The van der Waals surface area contributed by atoms with Crippen molar-refractivity contribution in [3.8, 4) is 0 Å². The van der Waals surface area contributed by atoms with Crippen molar-refractivity contribution in [3.05, 3.63) is 53.6 Å². The van der Waals surface area contributed by atoms with Gasteiger partial charge < -0.3 is 15.0 Å². The van der Waals surface area contributed by atoms with Crippen LogP contribution in [0.15, 0.2) is 36.7 Å². The molecule has 2 aromatic rings. The van der Waals surface area contributed by atoms with Crippen molar-refractivity contribution in [1.29, 1.82) is 0 Å². The van der Waals surface area contributed by atoms with Gasteiger partial charge in [0.05, 0.1) is 17.3 Å². The molecule has 1 spiro atoms. The first kappa shape index (κ1) is 17.6. The van der Waals surface area contributed by atoms with Gasteiger partial charge in [-0.2, -0.15) is 0 Å². The van der Waals surface area contributed by atoms with E-state index in [9.17, 15) is 4.79 Å². The Hall–Kier alpha value is -2.47. The molecular formula is C22H26N4O2. The van der Waals surface area contributed by atoms with Crippen molar-refractivity contribution in [2.24, 2.45) is 11.8 Å². The van der Waals surface area contributed by atoms with Gasteiger partial charge in [-0.1, -0.05) is 0 Å². The highest BCUT2D eigenvalue weighted by Gasteiger charge is 2.62. The van der Waals surface area contributed by atoms with Crippen molar-refractivity contribution >= 4 is 11.6 Å². The number of pyridine rings is 2. The van der Waals surface area contributed by atoms with Crippen LogP contribution in [-0.4, -0.2) is 47.2 Å². The molecule has 3 saturated heterocycles. The van der Waals surface area contributed by atoms with Crippen LogP contribution in [0, 0.1) is 25.7 Å². The molecule has 6 nitrogen and oxygen atoms in total.